The Balaban J connectivity index is 2.55. The Labute approximate surface area is 107 Å². The molecule has 3 nitrogen and oxygen atoms in total. The molecule has 3 unspecified atom stereocenters. The fourth-order valence-corrected chi connectivity index (χ4v) is 2.59. The molecule has 0 aromatic rings. The maximum absolute atomic E-state index is 5.57. The fourth-order valence-electron chi connectivity index (χ4n) is 2.59. The zero-order valence-corrected chi connectivity index (χ0v) is 12.2. The molecule has 1 N–H and O–H groups in total. The van der Waals surface area contributed by atoms with Crippen LogP contribution in [0.15, 0.2) is 0 Å². The lowest BCUT2D eigenvalue weighted by atomic mass is 9.97. The summed E-state index contributed by atoms with van der Waals surface area (Å²) < 4.78 is 5.57. The molecule has 1 saturated heterocycles. The van der Waals surface area contributed by atoms with Crippen LogP contribution < -0.4 is 5.32 Å². The van der Waals surface area contributed by atoms with Crippen molar-refractivity contribution in [2.75, 3.05) is 26.3 Å². The van der Waals surface area contributed by atoms with Crippen LogP contribution in [0.3, 0.4) is 0 Å². The van der Waals surface area contributed by atoms with E-state index in [1.165, 1.54) is 6.42 Å². The van der Waals surface area contributed by atoms with Crippen LogP contribution in [0.5, 0.6) is 0 Å². The summed E-state index contributed by atoms with van der Waals surface area (Å²) in [6, 6.07) is 1.82. The molecule has 1 rings (SSSR count). The summed E-state index contributed by atoms with van der Waals surface area (Å²) >= 11 is 0. The molecule has 0 saturated carbocycles. The molecule has 0 aromatic carbocycles. The monoisotopic (exact) mass is 242 g/mol. The summed E-state index contributed by atoms with van der Waals surface area (Å²) in [4.78, 5) is 2.64. The number of piperazine rings is 1. The maximum atomic E-state index is 5.57. The van der Waals surface area contributed by atoms with E-state index in [1.807, 2.05) is 0 Å². The van der Waals surface area contributed by atoms with Crippen molar-refractivity contribution in [2.45, 2.75) is 59.2 Å². The standard InChI is InChI=1S/C14H30N2O/c1-6-13-8-15-14(11(3)4)9-16(13)12(5)10-17-7-2/h11-15H,6-10H2,1-5H3. The predicted octanol–water partition coefficient (Wildman–Crippen LogP) is 2.12. The van der Waals surface area contributed by atoms with Gasteiger partial charge in [0, 0.05) is 37.8 Å². The Hall–Kier alpha value is -0.120. The van der Waals surface area contributed by atoms with Gasteiger partial charge in [0.2, 0.25) is 0 Å². The van der Waals surface area contributed by atoms with Gasteiger partial charge in [-0.1, -0.05) is 20.8 Å². The number of hydrogen-bond donors (Lipinski definition) is 1. The van der Waals surface area contributed by atoms with Gasteiger partial charge in [0.25, 0.3) is 0 Å². The highest BCUT2D eigenvalue weighted by Crippen LogP contribution is 2.17. The number of nitrogens with one attached hydrogen (secondary N) is 1. The zero-order valence-electron chi connectivity index (χ0n) is 12.2. The van der Waals surface area contributed by atoms with Gasteiger partial charge in [-0.3, -0.25) is 4.90 Å². The minimum atomic E-state index is 0.531. The fraction of sp³-hybridized carbons (Fsp3) is 1.00. The predicted molar refractivity (Wildman–Crippen MR) is 73.4 cm³/mol. The third kappa shape index (κ3) is 4.23. The highest BCUT2D eigenvalue weighted by Gasteiger charge is 2.31. The van der Waals surface area contributed by atoms with Gasteiger partial charge in [-0.05, 0) is 26.2 Å². The van der Waals surface area contributed by atoms with E-state index in [1.54, 1.807) is 0 Å². The summed E-state index contributed by atoms with van der Waals surface area (Å²) in [6.07, 6.45) is 1.22. The molecule has 0 bridgehead atoms. The average Bonchev–Trinajstić information content (AvgIpc) is 2.34. The average molecular weight is 242 g/mol. The van der Waals surface area contributed by atoms with Crippen LogP contribution in [0, 0.1) is 5.92 Å². The summed E-state index contributed by atoms with van der Waals surface area (Å²) in [5.41, 5.74) is 0. The molecule has 102 valence electrons. The molecule has 0 radical (unpaired) electrons. The van der Waals surface area contributed by atoms with Gasteiger partial charge in [-0.15, -0.1) is 0 Å². The first-order valence-electron chi connectivity index (χ1n) is 7.16. The topological polar surface area (TPSA) is 24.5 Å². The second-order valence-electron chi connectivity index (χ2n) is 5.53. The van der Waals surface area contributed by atoms with Crippen molar-refractivity contribution in [2.24, 2.45) is 5.92 Å². The Morgan fingerprint density at radius 1 is 1.29 bits per heavy atom. The molecule has 1 heterocycles. The zero-order chi connectivity index (χ0) is 12.8. The van der Waals surface area contributed by atoms with Crippen molar-refractivity contribution in [1.29, 1.82) is 0 Å². The van der Waals surface area contributed by atoms with Crippen molar-refractivity contribution >= 4 is 0 Å². The van der Waals surface area contributed by atoms with Gasteiger partial charge in [0.1, 0.15) is 0 Å². The van der Waals surface area contributed by atoms with Crippen molar-refractivity contribution in [3.05, 3.63) is 0 Å². The summed E-state index contributed by atoms with van der Waals surface area (Å²) in [6.45, 7) is 15.2. The lowest BCUT2D eigenvalue weighted by Crippen LogP contribution is -2.60. The van der Waals surface area contributed by atoms with Crippen LogP contribution in [0.4, 0.5) is 0 Å². The molecule has 0 aliphatic carbocycles. The van der Waals surface area contributed by atoms with E-state index in [9.17, 15) is 0 Å². The molecule has 1 aliphatic heterocycles. The van der Waals surface area contributed by atoms with Gasteiger partial charge < -0.3 is 10.1 Å². The van der Waals surface area contributed by atoms with Crippen LogP contribution >= 0.6 is 0 Å². The van der Waals surface area contributed by atoms with Crippen LogP contribution in [-0.4, -0.2) is 49.3 Å². The molecule has 0 amide bonds. The first kappa shape index (κ1) is 14.9. The lowest BCUT2D eigenvalue weighted by Gasteiger charge is -2.44. The highest BCUT2D eigenvalue weighted by molar-refractivity contribution is 4.89. The molecule has 0 spiro atoms. The van der Waals surface area contributed by atoms with E-state index < -0.39 is 0 Å². The van der Waals surface area contributed by atoms with Crippen LogP contribution in [-0.2, 0) is 4.74 Å². The first-order valence-corrected chi connectivity index (χ1v) is 7.16. The van der Waals surface area contributed by atoms with Gasteiger partial charge in [0.05, 0.1) is 6.61 Å². The van der Waals surface area contributed by atoms with Gasteiger partial charge >= 0.3 is 0 Å². The highest BCUT2D eigenvalue weighted by atomic mass is 16.5. The summed E-state index contributed by atoms with van der Waals surface area (Å²) in [7, 11) is 0. The third-order valence-electron chi connectivity index (χ3n) is 3.90. The number of nitrogens with zero attached hydrogens (tertiary/aromatic N) is 1. The molecular weight excluding hydrogens is 212 g/mol. The quantitative estimate of drug-likeness (QED) is 0.772. The molecule has 0 aromatic heterocycles. The molecule has 1 fully saturated rings. The van der Waals surface area contributed by atoms with E-state index in [0.29, 0.717) is 24.0 Å². The molecular formula is C14H30N2O. The van der Waals surface area contributed by atoms with Crippen molar-refractivity contribution in [1.82, 2.24) is 10.2 Å². The van der Waals surface area contributed by atoms with Crippen molar-refractivity contribution < 1.29 is 4.74 Å². The Morgan fingerprint density at radius 2 is 2.00 bits per heavy atom. The number of rotatable bonds is 6. The summed E-state index contributed by atoms with van der Waals surface area (Å²) in [5.74, 6) is 0.703. The van der Waals surface area contributed by atoms with Gasteiger partial charge in [-0.25, -0.2) is 0 Å². The first-order chi connectivity index (χ1) is 8.10. The van der Waals surface area contributed by atoms with Gasteiger partial charge in [0.15, 0.2) is 0 Å². The Kier molecular flexibility index (Phi) is 6.45. The van der Waals surface area contributed by atoms with Crippen LogP contribution in [0.2, 0.25) is 0 Å². The molecule has 3 heteroatoms. The summed E-state index contributed by atoms with van der Waals surface area (Å²) in [5, 5.41) is 3.68. The SMILES string of the molecule is CCOCC(C)N1CC(C(C)C)NCC1CC. The van der Waals surface area contributed by atoms with E-state index in [4.69, 9.17) is 4.74 Å². The third-order valence-corrected chi connectivity index (χ3v) is 3.90. The van der Waals surface area contributed by atoms with Gasteiger partial charge in [-0.2, -0.15) is 0 Å². The Bertz CT molecular complexity index is 208. The normalized spacial score (nSPS) is 28.6. The minimum absolute atomic E-state index is 0.531. The van der Waals surface area contributed by atoms with Crippen LogP contribution in [0.25, 0.3) is 0 Å². The molecule has 17 heavy (non-hydrogen) atoms. The molecule has 3 atom stereocenters. The minimum Gasteiger partial charge on any atom is -0.380 e. The smallest absolute Gasteiger partial charge is 0.0619 e. The number of ether oxygens (including phenoxy) is 1. The number of hydrogen-bond acceptors (Lipinski definition) is 3. The van der Waals surface area contributed by atoms with E-state index >= 15 is 0 Å². The maximum Gasteiger partial charge on any atom is 0.0619 e. The second kappa shape index (κ2) is 7.34. The van der Waals surface area contributed by atoms with E-state index in [-0.39, 0.29) is 0 Å². The van der Waals surface area contributed by atoms with Crippen molar-refractivity contribution in [3.63, 3.8) is 0 Å². The largest absolute Gasteiger partial charge is 0.380 e. The van der Waals surface area contributed by atoms with Crippen molar-refractivity contribution in [3.8, 4) is 0 Å². The van der Waals surface area contributed by atoms with Crippen LogP contribution in [0.1, 0.15) is 41.0 Å². The lowest BCUT2D eigenvalue weighted by molar-refractivity contribution is 0.0213. The van der Waals surface area contributed by atoms with E-state index in [0.717, 1.165) is 26.3 Å². The Morgan fingerprint density at radius 3 is 2.53 bits per heavy atom. The molecule has 1 aliphatic rings. The van der Waals surface area contributed by atoms with E-state index in [2.05, 4.69) is 44.8 Å². The second-order valence-corrected chi connectivity index (χ2v) is 5.53.